The average Bonchev–Trinajstić information content (AvgIpc) is 2.46. The predicted octanol–water partition coefficient (Wildman–Crippen LogP) is 4.70. The lowest BCUT2D eigenvalue weighted by Gasteiger charge is -2.08. The summed E-state index contributed by atoms with van der Waals surface area (Å²) in [5, 5.41) is 0. The van der Waals surface area contributed by atoms with Crippen LogP contribution in [0.15, 0.2) is 60.9 Å². The highest BCUT2D eigenvalue weighted by Crippen LogP contribution is 2.23. The van der Waals surface area contributed by atoms with Gasteiger partial charge in [0.05, 0.1) is 0 Å². The summed E-state index contributed by atoms with van der Waals surface area (Å²) in [6.07, 6.45) is 9.66. The van der Waals surface area contributed by atoms with Gasteiger partial charge in [0, 0.05) is 18.0 Å². The van der Waals surface area contributed by atoms with Crippen LogP contribution in [0.3, 0.4) is 0 Å². The topological polar surface area (TPSA) is 12.9 Å². The van der Waals surface area contributed by atoms with Crippen LogP contribution in [0, 0.1) is 0 Å². The highest BCUT2D eigenvalue weighted by atomic mass is 14.6. The molecule has 92 valence electrons. The van der Waals surface area contributed by atoms with Crippen molar-refractivity contribution in [3.05, 3.63) is 72.1 Å². The Bertz CT molecular complexity index is 444. The van der Waals surface area contributed by atoms with Gasteiger partial charge in [-0.15, -0.1) is 0 Å². The molecule has 1 aromatic carbocycles. The number of aromatic nitrogens is 1. The van der Waals surface area contributed by atoms with Crippen molar-refractivity contribution in [2.24, 2.45) is 0 Å². The molecule has 0 amide bonds. The number of allylic oxidation sites excluding steroid dienone is 1. The molecule has 2 aromatic rings. The highest BCUT2D eigenvalue weighted by Gasteiger charge is 2.03. The number of rotatable bonds is 5. The van der Waals surface area contributed by atoms with Crippen LogP contribution < -0.4 is 0 Å². The first-order valence-electron chi connectivity index (χ1n) is 6.58. The zero-order valence-corrected chi connectivity index (χ0v) is 10.8. The van der Waals surface area contributed by atoms with E-state index in [1.54, 1.807) is 0 Å². The normalized spacial score (nSPS) is 11.5. The maximum Gasteiger partial charge on any atom is 0.0346 e. The van der Waals surface area contributed by atoms with Gasteiger partial charge in [-0.05, 0) is 23.6 Å². The zero-order chi connectivity index (χ0) is 12.6. The molecule has 1 heteroatoms. The minimum Gasteiger partial charge on any atom is -0.264 e. The van der Waals surface area contributed by atoms with E-state index in [0.717, 1.165) is 6.42 Å². The van der Waals surface area contributed by atoms with Crippen molar-refractivity contribution in [3.8, 4) is 0 Å². The smallest absolute Gasteiger partial charge is 0.0346 e. The molecule has 0 saturated heterocycles. The summed E-state index contributed by atoms with van der Waals surface area (Å²) in [6, 6.07) is 14.6. The van der Waals surface area contributed by atoms with Gasteiger partial charge in [-0.25, -0.2) is 0 Å². The Morgan fingerprint density at radius 3 is 2.50 bits per heavy atom. The van der Waals surface area contributed by atoms with Crippen molar-refractivity contribution in [1.29, 1.82) is 0 Å². The summed E-state index contributed by atoms with van der Waals surface area (Å²) in [6.45, 7) is 2.22. The fourth-order valence-electron chi connectivity index (χ4n) is 1.99. The van der Waals surface area contributed by atoms with Crippen molar-refractivity contribution in [1.82, 2.24) is 4.98 Å². The van der Waals surface area contributed by atoms with Crippen LogP contribution in [0.4, 0.5) is 0 Å². The minimum atomic E-state index is 1.12. The second-order valence-electron chi connectivity index (χ2n) is 4.37. The van der Waals surface area contributed by atoms with Gasteiger partial charge in [-0.3, -0.25) is 4.98 Å². The van der Waals surface area contributed by atoms with Crippen molar-refractivity contribution in [2.75, 3.05) is 0 Å². The molecule has 0 unspecified atom stereocenters. The van der Waals surface area contributed by atoms with E-state index in [4.69, 9.17) is 0 Å². The molecule has 0 atom stereocenters. The summed E-state index contributed by atoms with van der Waals surface area (Å²) in [5.41, 5.74) is 3.75. The van der Waals surface area contributed by atoms with E-state index >= 15 is 0 Å². The van der Waals surface area contributed by atoms with Crippen molar-refractivity contribution < 1.29 is 0 Å². The number of pyridine rings is 1. The summed E-state index contributed by atoms with van der Waals surface area (Å²) >= 11 is 0. The van der Waals surface area contributed by atoms with Crippen LogP contribution in [0.5, 0.6) is 0 Å². The van der Waals surface area contributed by atoms with Gasteiger partial charge in [0.1, 0.15) is 0 Å². The first kappa shape index (κ1) is 12.6. The van der Waals surface area contributed by atoms with Crippen LogP contribution in [0.1, 0.15) is 37.3 Å². The average molecular weight is 237 g/mol. The van der Waals surface area contributed by atoms with E-state index in [1.165, 1.54) is 29.5 Å². The molecule has 0 aliphatic carbocycles. The Balaban J connectivity index is 2.33. The Kier molecular flexibility index (Phi) is 4.71. The number of nitrogens with zero attached hydrogens (tertiary/aromatic N) is 1. The Morgan fingerprint density at radius 2 is 1.83 bits per heavy atom. The maximum absolute atomic E-state index is 4.22. The standard InChI is InChI=1S/C17H19N/c1-2-3-5-12-17(15-9-6-4-7-10-15)16-11-8-13-18-14-16/h4,6-14H,2-3,5H2,1H3/b17-12-. The molecule has 2 rings (SSSR count). The molecular weight excluding hydrogens is 218 g/mol. The molecule has 0 fully saturated rings. The molecule has 0 aliphatic rings. The first-order valence-corrected chi connectivity index (χ1v) is 6.58. The van der Waals surface area contributed by atoms with Gasteiger partial charge in [-0.2, -0.15) is 0 Å². The highest BCUT2D eigenvalue weighted by molar-refractivity contribution is 5.79. The lowest BCUT2D eigenvalue weighted by molar-refractivity contribution is 0.815. The summed E-state index contributed by atoms with van der Waals surface area (Å²) in [7, 11) is 0. The van der Waals surface area contributed by atoms with Crippen LogP contribution in [-0.2, 0) is 0 Å². The fourth-order valence-corrected chi connectivity index (χ4v) is 1.99. The Hall–Kier alpha value is -1.89. The predicted molar refractivity (Wildman–Crippen MR) is 77.3 cm³/mol. The lowest BCUT2D eigenvalue weighted by Crippen LogP contribution is -1.89. The minimum absolute atomic E-state index is 1.12. The van der Waals surface area contributed by atoms with E-state index in [-0.39, 0.29) is 0 Å². The number of benzene rings is 1. The molecule has 0 radical (unpaired) electrons. The molecule has 1 aromatic heterocycles. The van der Waals surface area contributed by atoms with Gasteiger partial charge >= 0.3 is 0 Å². The van der Waals surface area contributed by atoms with Crippen LogP contribution >= 0.6 is 0 Å². The Morgan fingerprint density at radius 1 is 1.06 bits per heavy atom. The third-order valence-corrected chi connectivity index (χ3v) is 2.96. The lowest BCUT2D eigenvalue weighted by atomic mass is 9.98. The number of unbranched alkanes of at least 4 members (excludes halogenated alkanes) is 2. The molecule has 0 saturated carbocycles. The molecule has 0 spiro atoms. The Labute approximate surface area is 109 Å². The molecule has 0 N–H and O–H groups in total. The van der Waals surface area contributed by atoms with Crippen molar-refractivity contribution >= 4 is 5.57 Å². The first-order chi connectivity index (χ1) is 8.92. The van der Waals surface area contributed by atoms with Crippen LogP contribution in [0.2, 0.25) is 0 Å². The molecule has 0 bridgehead atoms. The molecule has 1 heterocycles. The summed E-state index contributed by atoms with van der Waals surface area (Å²) in [4.78, 5) is 4.22. The van der Waals surface area contributed by atoms with E-state index in [9.17, 15) is 0 Å². The third-order valence-electron chi connectivity index (χ3n) is 2.96. The summed E-state index contributed by atoms with van der Waals surface area (Å²) < 4.78 is 0. The van der Waals surface area contributed by atoms with Crippen LogP contribution in [0.25, 0.3) is 5.57 Å². The second kappa shape index (κ2) is 6.75. The van der Waals surface area contributed by atoms with E-state index in [2.05, 4.69) is 54.4 Å². The van der Waals surface area contributed by atoms with Gasteiger partial charge in [0.25, 0.3) is 0 Å². The van der Waals surface area contributed by atoms with Gasteiger partial charge in [0.2, 0.25) is 0 Å². The zero-order valence-electron chi connectivity index (χ0n) is 10.8. The van der Waals surface area contributed by atoms with Crippen molar-refractivity contribution in [2.45, 2.75) is 26.2 Å². The van der Waals surface area contributed by atoms with E-state index in [1.807, 2.05) is 18.5 Å². The fraction of sp³-hybridized carbons (Fsp3) is 0.235. The molecular formula is C17H19N. The second-order valence-corrected chi connectivity index (χ2v) is 4.37. The van der Waals surface area contributed by atoms with E-state index in [0.29, 0.717) is 0 Å². The largest absolute Gasteiger partial charge is 0.264 e. The van der Waals surface area contributed by atoms with E-state index < -0.39 is 0 Å². The molecule has 18 heavy (non-hydrogen) atoms. The van der Waals surface area contributed by atoms with Gasteiger partial charge < -0.3 is 0 Å². The van der Waals surface area contributed by atoms with Gasteiger partial charge in [-0.1, -0.05) is 62.2 Å². The summed E-state index contributed by atoms with van der Waals surface area (Å²) in [5.74, 6) is 0. The number of hydrogen-bond acceptors (Lipinski definition) is 1. The van der Waals surface area contributed by atoms with Crippen LogP contribution in [-0.4, -0.2) is 4.98 Å². The maximum atomic E-state index is 4.22. The quantitative estimate of drug-likeness (QED) is 0.687. The van der Waals surface area contributed by atoms with Gasteiger partial charge in [0.15, 0.2) is 0 Å². The monoisotopic (exact) mass is 237 g/mol. The number of hydrogen-bond donors (Lipinski definition) is 0. The molecule has 0 aliphatic heterocycles. The molecule has 1 nitrogen and oxygen atoms in total. The van der Waals surface area contributed by atoms with Crippen molar-refractivity contribution in [3.63, 3.8) is 0 Å². The SMILES string of the molecule is CCCC/C=C(/c1ccccc1)c1cccnc1. The third kappa shape index (κ3) is 3.30.